The third kappa shape index (κ3) is 4.89. The molecule has 1 aromatic carbocycles. The highest BCUT2D eigenvalue weighted by Crippen LogP contribution is 2.25. The van der Waals surface area contributed by atoms with Crippen LogP contribution >= 0.6 is 0 Å². The number of nitro groups is 1. The first-order valence-electron chi connectivity index (χ1n) is 6.11. The SMILES string of the molecule is CCCCCCN=C=Nc1ccccc1[N+](=O)[O-]. The number of nitro benzene ring substituents is 1. The molecule has 0 radical (unpaired) electrons. The van der Waals surface area contributed by atoms with Crippen molar-refractivity contribution in [3.63, 3.8) is 0 Å². The zero-order chi connectivity index (χ0) is 13.2. The minimum atomic E-state index is -0.457. The molecule has 1 rings (SSSR count). The van der Waals surface area contributed by atoms with Crippen molar-refractivity contribution < 1.29 is 4.92 Å². The number of nitrogens with zero attached hydrogens (tertiary/aromatic N) is 3. The Labute approximate surface area is 106 Å². The standard InChI is InChI=1S/C13H17N3O2/c1-2-3-4-7-10-14-11-15-12-8-5-6-9-13(12)16(17)18/h5-6,8-9H,2-4,7,10H2,1H3. The van der Waals surface area contributed by atoms with Gasteiger partial charge in [0.2, 0.25) is 0 Å². The molecule has 0 aliphatic rings. The predicted octanol–water partition coefficient (Wildman–Crippen LogP) is 3.98. The monoisotopic (exact) mass is 247 g/mol. The van der Waals surface area contributed by atoms with E-state index in [1.165, 1.54) is 18.9 Å². The van der Waals surface area contributed by atoms with E-state index in [2.05, 4.69) is 22.9 Å². The van der Waals surface area contributed by atoms with Gasteiger partial charge in [0, 0.05) is 12.6 Å². The number of hydrogen-bond donors (Lipinski definition) is 0. The molecule has 0 aromatic heterocycles. The van der Waals surface area contributed by atoms with Crippen LogP contribution in [0, 0.1) is 10.1 Å². The zero-order valence-corrected chi connectivity index (χ0v) is 10.5. The normalized spacial score (nSPS) is 9.61. The average Bonchev–Trinajstić information content (AvgIpc) is 2.38. The summed E-state index contributed by atoms with van der Waals surface area (Å²) in [5, 5.41) is 10.7. The lowest BCUT2D eigenvalue weighted by Crippen LogP contribution is -1.87. The van der Waals surface area contributed by atoms with Crippen LogP contribution in [-0.4, -0.2) is 17.5 Å². The van der Waals surface area contributed by atoms with Gasteiger partial charge in [-0.3, -0.25) is 10.1 Å². The highest BCUT2D eigenvalue weighted by molar-refractivity contribution is 5.62. The predicted molar refractivity (Wildman–Crippen MR) is 71.6 cm³/mol. The molecule has 0 aliphatic heterocycles. The summed E-state index contributed by atoms with van der Waals surface area (Å²) in [5.41, 5.74) is 0.269. The lowest BCUT2D eigenvalue weighted by Gasteiger charge is -1.93. The van der Waals surface area contributed by atoms with Crippen LogP contribution < -0.4 is 0 Å². The van der Waals surface area contributed by atoms with Crippen LogP contribution in [0.15, 0.2) is 34.3 Å². The van der Waals surface area contributed by atoms with E-state index < -0.39 is 4.92 Å². The summed E-state index contributed by atoms with van der Waals surface area (Å²) >= 11 is 0. The maximum absolute atomic E-state index is 10.7. The molecule has 0 spiro atoms. The summed E-state index contributed by atoms with van der Waals surface area (Å²) in [4.78, 5) is 18.1. The van der Waals surface area contributed by atoms with Gasteiger partial charge >= 0.3 is 0 Å². The van der Waals surface area contributed by atoms with E-state index in [-0.39, 0.29) is 5.69 Å². The first-order chi connectivity index (χ1) is 8.75. The largest absolute Gasteiger partial charge is 0.295 e. The lowest BCUT2D eigenvalue weighted by atomic mass is 10.2. The molecule has 0 aliphatic carbocycles. The van der Waals surface area contributed by atoms with Crippen LogP contribution in [0.25, 0.3) is 0 Å². The highest BCUT2D eigenvalue weighted by atomic mass is 16.6. The molecule has 1 aromatic rings. The Bertz CT molecular complexity index is 451. The Morgan fingerprint density at radius 2 is 2.06 bits per heavy atom. The van der Waals surface area contributed by atoms with Gasteiger partial charge in [0.15, 0.2) is 5.69 Å². The third-order valence-electron chi connectivity index (χ3n) is 2.44. The van der Waals surface area contributed by atoms with Crippen molar-refractivity contribution in [3.8, 4) is 0 Å². The topological polar surface area (TPSA) is 67.9 Å². The molecule has 5 heteroatoms. The van der Waals surface area contributed by atoms with Crippen LogP contribution in [0.4, 0.5) is 11.4 Å². The van der Waals surface area contributed by atoms with Gasteiger partial charge in [-0.25, -0.2) is 4.99 Å². The first-order valence-corrected chi connectivity index (χ1v) is 6.11. The van der Waals surface area contributed by atoms with E-state index in [0.29, 0.717) is 12.2 Å². The Morgan fingerprint density at radius 3 is 2.78 bits per heavy atom. The van der Waals surface area contributed by atoms with Crippen molar-refractivity contribution in [2.24, 2.45) is 9.98 Å². The molecular formula is C13H17N3O2. The van der Waals surface area contributed by atoms with Crippen LogP contribution in [0.5, 0.6) is 0 Å². The molecular weight excluding hydrogens is 230 g/mol. The van der Waals surface area contributed by atoms with Crippen LogP contribution in [0.2, 0.25) is 0 Å². The fraction of sp³-hybridized carbons (Fsp3) is 0.462. The molecule has 0 fully saturated rings. The molecule has 0 N–H and O–H groups in total. The van der Waals surface area contributed by atoms with Crippen molar-refractivity contribution in [1.82, 2.24) is 0 Å². The minimum Gasteiger partial charge on any atom is -0.258 e. The fourth-order valence-electron chi connectivity index (χ4n) is 1.47. The summed E-state index contributed by atoms with van der Waals surface area (Å²) in [6.45, 7) is 2.82. The van der Waals surface area contributed by atoms with Crippen molar-refractivity contribution in [2.75, 3.05) is 6.54 Å². The smallest absolute Gasteiger partial charge is 0.258 e. The average molecular weight is 247 g/mol. The molecule has 0 saturated carbocycles. The Hall–Kier alpha value is -2.00. The number of hydrogen-bond acceptors (Lipinski definition) is 4. The fourth-order valence-corrected chi connectivity index (χ4v) is 1.47. The van der Waals surface area contributed by atoms with Gasteiger partial charge in [-0.1, -0.05) is 38.3 Å². The summed E-state index contributed by atoms with van der Waals surface area (Å²) in [6.07, 6.45) is 4.55. The molecule has 0 unspecified atom stereocenters. The van der Waals surface area contributed by atoms with Crippen LogP contribution in [-0.2, 0) is 0 Å². The summed E-state index contributed by atoms with van der Waals surface area (Å²) in [5.74, 6) is 0. The van der Waals surface area contributed by atoms with Crippen molar-refractivity contribution in [2.45, 2.75) is 32.6 Å². The second-order valence-corrected chi connectivity index (χ2v) is 3.90. The Balaban J connectivity index is 2.56. The third-order valence-corrected chi connectivity index (χ3v) is 2.44. The van der Waals surface area contributed by atoms with Crippen LogP contribution in [0.1, 0.15) is 32.6 Å². The number of aliphatic imine (C=N–C) groups is 2. The maximum Gasteiger partial charge on any atom is 0.295 e. The van der Waals surface area contributed by atoms with Crippen LogP contribution in [0.3, 0.4) is 0 Å². The van der Waals surface area contributed by atoms with E-state index in [1.54, 1.807) is 18.2 Å². The summed E-state index contributed by atoms with van der Waals surface area (Å²) in [7, 11) is 0. The lowest BCUT2D eigenvalue weighted by molar-refractivity contribution is -0.384. The van der Waals surface area contributed by atoms with Gasteiger partial charge in [-0.05, 0) is 12.5 Å². The van der Waals surface area contributed by atoms with E-state index in [1.807, 2.05) is 0 Å². The number of unbranched alkanes of at least 4 members (excludes halogenated alkanes) is 3. The Morgan fingerprint density at radius 1 is 1.28 bits per heavy atom. The minimum absolute atomic E-state index is 0.0221. The van der Waals surface area contributed by atoms with E-state index in [9.17, 15) is 10.1 Å². The molecule has 0 amide bonds. The molecule has 0 heterocycles. The maximum atomic E-state index is 10.7. The molecule has 96 valence electrons. The number of rotatable bonds is 7. The van der Waals surface area contributed by atoms with Gasteiger partial charge < -0.3 is 0 Å². The van der Waals surface area contributed by atoms with Gasteiger partial charge in [0.05, 0.1) is 10.9 Å². The molecule has 0 atom stereocenters. The molecule has 0 saturated heterocycles. The quantitative estimate of drug-likeness (QED) is 0.316. The number of benzene rings is 1. The van der Waals surface area contributed by atoms with Gasteiger partial charge in [-0.2, -0.15) is 4.99 Å². The highest BCUT2D eigenvalue weighted by Gasteiger charge is 2.10. The van der Waals surface area contributed by atoms with Crippen molar-refractivity contribution in [1.29, 1.82) is 0 Å². The van der Waals surface area contributed by atoms with E-state index in [4.69, 9.17) is 0 Å². The Kier molecular flexibility index (Phi) is 6.36. The second-order valence-electron chi connectivity index (χ2n) is 3.90. The molecule has 5 nitrogen and oxygen atoms in total. The van der Waals surface area contributed by atoms with Crippen molar-refractivity contribution in [3.05, 3.63) is 34.4 Å². The summed E-state index contributed by atoms with van der Waals surface area (Å²) < 4.78 is 0. The second kappa shape index (κ2) is 8.14. The van der Waals surface area contributed by atoms with E-state index >= 15 is 0 Å². The van der Waals surface area contributed by atoms with Gasteiger partial charge in [-0.15, -0.1) is 0 Å². The summed E-state index contributed by atoms with van der Waals surface area (Å²) in [6, 6.07) is 8.83. The molecule has 0 bridgehead atoms. The van der Waals surface area contributed by atoms with Crippen molar-refractivity contribution >= 4 is 17.4 Å². The van der Waals surface area contributed by atoms with Gasteiger partial charge in [0.25, 0.3) is 5.69 Å². The number of para-hydroxylation sites is 2. The molecule has 18 heavy (non-hydrogen) atoms. The van der Waals surface area contributed by atoms with Gasteiger partial charge in [0.1, 0.15) is 0 Å². The first kappa shape index (κ1) is 14.1. The zero-order valence-electron chi connectivity index (χ0n) is 10.5. The van der Waals surface area contributed by atoms with E-state index in [0.717, 1.165) is 12.8 Å².